The Bertz CT molecular complexity index is 796. The number of rotatable bonds is 4. The third kappa shape index (κ3) is 3.71. The van der Waals surface area contributed by atoms with Gasteiger partial charge in [-0.25, -0.2) is 14.4 Å². The number of esters is 1. The van der Waals surface area contributed by atoms with Gasteiger partial charge in [0.1, 0.15) is 25.4 Å². The predicted octanol–water partition coefficient (Wildman–Crippen LogP) is 0.00760. The molecule has 11 heteroatoms. The smallest absolute Gasteiger partial charge is 0.450 e. The van der Waals surface area contributed by atoms with Crippen LogP contribution in [0.3, 0.4) is 0 Å². The molecule has 0 radical (unpaired) electrons. The summed E-state index contributed by atoms with van der Waals surface area (Å²) >= 11 is 0. The Morgan fingerprint density at radius 2 is 1.90 bits per heavy atom. The zero-order valence-corrected chi connectivity index (χ0v) is 15.0. The van der Waals surface area contributed by atoms with Crippen molar-refractivity contribution in [3.63, 3.8) is 0 Å². The van der Waals surface area contributed by atoms with Gasteiger partial charge in [0.15, 0.2) is 12.2 Å². The summed E-state index contributed by atoms with van der Waals surface area (Å²) in [5.41, 5.74) is 0.689. The molecule has 0 saturated carbocycles. The molecular formula is C18H18O11. The number of ether oxygens (including phenoxy) is 6. The second-order valence-electron chi connectivity index (χ2n) is 6.81. The average molecular weight is 410 g/mol. The molecule has 156 valence electrons. The van der Waals surface area contributed by atoms with E-state index in [4.69, 9.17) is 23.7 Å². The Balaban J connectivity index is 1.47. The molecule has 3 aliphatic rings. The van der Waals surface area contributed by atoms with Crippen LogP contribution in [0.5, 0.6) is 0 Å². The van der Waals surface area contributed by atoms with E-state index in [0.717, 1.165) is 0 Å². The molecule has 0 spiro atoms. The molecule has 6 atom stereocenters. The van der Waals surface area contributed by atoms with Crippen molar-refractivity contribution in [2.75, 3.05) is 6.61 Å². The van der Waals surface area contributed by atoms with E-state index in [2.05, 4.69) is 4.74 Å². The molecule has 3 aliphatic heterocycles. The Morgan fingerprint density at radius 1 is 1.14 bits per heavy atom. The number of cyclic esters (lactones) is 3. The molecule has 0 aromatic heterocycles. The van der Waals surface area contributed by atoms with Crippen LogP contribution in [-0.2, 0) is 39.8 Å². The summed E-state index contributed by atoms with van der Waals surface area (Å²) in [6, 6.07) is 8.76. The van der Waals surface area contributed by atoms with Crippen LogP contribution >= 0.6 is 0 Å². The quantitative estimate of drug-likeness (QED) is 0.511. The van der Waals surface area contributed by atoms with Gasteiger partial charge < -0.3 is 38.6 Å². The van der Waals surface area contributed by atoms with Crippen molar-refractivity contribution in [2.45, 2.75) is 49.3 Å². The molecule has 11 nitrogen and oxygen atoms in total. The monoisotopic (exact) mass is 410 g/mol. The van der Waals surface area contributed by atoms with E-state index in [1.165, 1.54) is 0 Å². The highest BCUT2D eigenvalue weighted by Gasteiger charge is 2.64. The molecule has 0 unspecified atom stereocenters. The van der Waals surface area contributed by atoms with Crippen LogP contribution < -0.4 is 0 Å². The predicted molar refractivity (Wildman–Crippen MR) is 88.0 cm³/mol. The molecule has 1 aromatic carbocycles. The van der Waals surface area contributed by atoms with Gasteiger partial charge in [-0.1, -0.05) is 30.3 Å². The van der Waals surface area contributed by atoms with E-state index in [1.54, 1.807) is 30.3 Å². The standard InChI is InChI=1S/C18H18O11/c19-10-6-18(29-17(23)24-7-9-4-2-1-3-5-9)15(21)27-13(14(28-18)12(10)20)11-8-25-16(22)26-11/h1-5,10-14,19-20H,6-8H2/t10-,11+,12+,13+,14+,18+/m0/s1. The molecule has 1 aromatic rings. The highest BCUT2D eigenvalue weighted by molar-refractivity contribution is 5.82. The van der Waals surface area contributed by atoms with E-state index >= 15 is 0 Å². The van der Waals surface area contributed by atoms with Crippen LogP contribution in [-0.4, -0.2) is 71.4 Å². The van der Waals surface area contributed by atoms with Crippen LogP contribution in [0.1, 0.15) is 12.0 Å². The summed E-state index contributed by atoms with van der Waals surface area (Å²) in [6.07, 6.45) is -9.31. The summed E-state index contributed by atoms with van der Waals surface area (Å²) in [7, 11) is 0. The summed E-state index contributed by atoms with van der Waals surface area (Å²) in [6.45, 7) is -0.343. The van der Waals surface area contributed by atoms with Crippen molar-refractivity contribution < 1.29 is 53.0 Å². The molecule has 2 bridgehead atoms. The van der Waals surface area contributed by atoms with Gasteiger partial charge >= 0.3 is 24.1 Å². The van der Waals surface area contributed by atoms with Gasteiger partial charge in [-0.3, -0.25) is 0 Å². The number of hydrogen-bond acceptors (Lipinski definition) is 11. The zero-order valence-electron chi connectivity index (χ0n) is 15.0. The number of fused-ring (bicyclic) bond motifs is 2. The molecule has 4 rings (SSSR count). The summed E-state index contributed by atoms with van der Waals surface area (Å²) in [5.74, 6) is -3.42. The van der Waals surface area contributed by atoms with Gasteiger partial charge in [-0.2, -0.15) is 0 Å². The van der Waals surface area contributed by atoms with Crippen molar-refractivity contribution in [2.24, 2.45) is 0 Å². The van der Waals surface area contributed by atoms with E-state index in [1.807, 2.05) is 0 Å². The first-order valence-corrected chi connectivity index (χ1v) is 8.86. The van der Waals surface area contributed by atoms with Crippen molar-refractivity contribution in [3.8, 4) is 0 Å². The number of carbonyl (C=O) groups excluding carboxylic acids is 3. The number of hydrogen-bond donors (Lipinski definition) is 2. The second kappa shape index (κ2) is 7.50. The normalized spacial score (nSPS) is 35.9. The lowest BCUT2D eigenvalue weighted by atomic mass is 9.88. The minimum atomic E-state index is -2.29. The van der Waals surface area contributed by atoms with E-state index < -0.39 is 61.0 Å². The fourth-order valence-electron chi connectivity index (χ4n) is 3.41. The third-order valence-corrected chi connectivity index (χ3v) is 4.84. The Labute approximate surface area is 164 Å². The van der Waals surface area contributed by atoms with Crippen molar-refractivity contribution in [1.29, 1.82) is 0 Å². The van der Waals surface area contributed by atoms with Crippen molar-refractivity contribution in [3.05, 3.63) is 35.9 Å². The lowest BCUT2D eigenvalue weighted by molar-refractivity contribution is -0.344. The Hall–Kier alpha value is -2.89. The number of carbonyl (C=O) groups is 3. The van der Waals surface area contributed by atoms with Crippen LogP contribution in [0.25, 0.3) is 0 Å². The molecule has 3 heterocycles. The topological polar surface area (TPSA) is 147 Å². The SMILES string of the molecule is O=C1OC[C@H]([C@H]2OC(=O)[C@]3(OC(=O)OCc4ccccc4)C[C@H](O)[C@@H](O)[C@H]2O3)O1. The van der Waals surface area contributed by atoms with Gasteiger partial charge in [0.05, 0.1) is 12.5 Å². The maximum Gasteiger partial charge on any atom is 0.511 e. The van der Waals surface area contributed by atoms with E-state index in [9.17, 15) is 24.6 Å². The Morgan fingerprint density at radius 3 is 2.59 bits per heavy atom. The minimum absolute atomic E-state index is 0.114. The molecule has 0 aliphatic carbocycles. The number of aliphatic hydroxyl groups is 2. The molecule has 2 N–H and O–H groups in total. The third-order valence-electron chi connectivity index (χ3n) is 4.84. The second-order valence-corrected chi connectivity index (χ2v) is 6.81. The van der Waals surface area contributed by atoms with E-state index in [0.29, 0.717) is 5.56 Å². The first-order valence-electron chi connectivity index (χ1n) is 8.86. The minimum Gasteiger partial charge on any atom is -0.450 e. The molecule has 0 amide bonds. The number of benzene rings is 1. The summed E-state index contributed by atoms with van der Waals surface area (Å²) < 4.78 is 30.4. The van der Waals surface area contributed by atoms with Crippen LogP contribution in [0.2, 0.25) is 0 Å². The average Bonchev–Trinajstić information content (AvgIpc) is 3.14. The van der Waals surface area contributed by atoms with E-state index in [-0.39, 0.29) is 13.2 Å². The number of aliphatic hydroxyl groups excluding tert-OH is 2. The van der Waals surface area contributed by atoms with Crippen LogP contribution in [0.15, 0.2) is 30.3 Å². The van der Waals surface area contributed by atoms with Crippen LogP contribution in [0, 0.1) is 0 Å². The first kappa shape index (κ1) is 19.4. The largest absolute Gasteiger partial charge is 0.511 e. The fourth-order valence-corrected chi connectivity index (χ4v) is 3.41. The highest BCUT2D eigenvalue weighted by Crippen LogP contribution is 2.40. The highest BCUT2D eigenvalue weighted by atomic mass is 16.8. The van der Waals surface area contributed by atoms with Gasteiger partial charge in [0.25, 0.3) is 0 Å². The van der Waals surface area contributed by atoms with Crippen LogP contribution in [0.4, 0.5) is 9.59 Å². The lowest BCUT2D eigenvalue weighted by Gasteiger charge is -2.49. The lowest BCUT2D eigenvalue weighted by Crippen LogP contribution is -2.69. The van der Waals surface area contributed by atoms with Gasteiger partial charge in [0, 0.05) is 0 Å². The molecule has 3 saturated heterocycles. The Kier molecular flexibility index (Phi) is 5.03. The molecule has 3 fully saturated rings. The molecule has 29 heavy (non-hydrogen) atoms. The molecular weight excluding hydrogens is 392 g/mol. The van der Waals surface area contributed by atoms with Crippen molar-refractivity contribution in [1.82, 2.24) is 0 Å². The zero-order chi connectivity index (χ0) is 20.6. The first-order chi connectivity index (χ1) is 13.9. The van der Waals surface area contributed by atoms with Gasteiger partial charge in [-0.05, 0) is 5.56 Å². The van der Waals surface area contributed by atoms with Crippen molar-refractivity contribution >= 4 is 18.3 Å². The fraction of sp³-hybridized carbons (Fsp3) is 0.500. The summed E-state index contributed by atoms with van der Waals surface area (Å²) in [4.78, 5) is 35.9. The van der Waals surface area contributed by atoms with Gasteiger partial charge in [0.2, 0.25) is 0 Å². The maximum absolute atomic E-state index is 12.6. The summed E-state index contributed by atoms with van der Waals surface area (Å²) in [5, 5.41) is 20.4. The maximum atomic E-state index is 12.6. The van der Waals surface area contributed by atoms with Gasteiger partial charge in [-0.15, -0.1) is 0 Å².